The maximum atomic E-state index is 13.7. The molecule has 0 aromatic heterocycles. The summed E-state index contributed by atoms with van der Waals surface area (Å²) >= 11 is 0. The Hall–Kier alpha value is -2.41. The first-order valence-corrected chi connectivity index (χ1v) is 9.06. The van der Waals surface area contributed by atoms with Crippen molar-refractivity contribution in [3.63, 3.8) is 0 Å². The van der Waals surface area contributed by atoms with E-state index in [4.69, 9.17) is 4.74 Å². The van der Waals surface area contributed by atoms with Gasteiger partial charge in [-0.3, -0.25) is 4.90 Å². The zero-order chi connectivity index (χ0) is 20.3. The smallest absolute Gasteiger partial charge is 0.416 e. The SMILES string of the molecule is CN1CCC[C@@H](COC(=O)c2ccccc2F)[C@@H]1c1ccc(C(F)(F)F)cc1. The van der Waals surface area contributed by atoms with Gasteiger partial charge in [0.15, 0.2) is 0 Å². The predicted octanol–water partition coefficient (Wildman–Crippen LogP) is 5.08. The number of likely N-dealkylation sites (tertiary alicyclic amines) is 1. The van der Waals surface area contributed by atoms with Crippen LogP contribution in [0.4, 0.5) is 17.6 Å². The lowest BCUT2D eigenvalue weighted by Crippen LogP contribution is -2.38. The highest BCUT2D eigenvalue weighted by Gasteiger charge is 2.34. The third kappa shape index (κ3) is 4.52. The van der Waals surface area contributed by atoms with Crippen molar-refractivity contribution in [1.82, 2.24) is 4.90 Å². The molecule has 3 nitrogen and oxygen atoms in total. The van der Waals surface area contributed by atoms with Gasteiger partial charge in [0.2, 0.25) is 0 Å². The summed E-state index contributed by atoms with van der Waals surface area (Å²) in [5.41, 5.74) is -0.0860. The fraction of sp³-hybridized carbons (Fsp3) is 0.381. The van der Waals surface area contributed by atoms with Crippen molar-refractivity contribution in [2.45, 2.75) is 25.1 Å². The van der Waals surface area contributed by atoms with E-state index in [2.05, 4.69) is 0 Å². The summed E-state index contributed by atoms with van der Waals surface area (Å²) in [6, 6.07) is 10.5. The van der Waals surface area contributed by atoms with E-state index in [9.17, 15) is 22.4 Å². The van der Waals surface area contributed by atoms with Crippen molar-refractivity contribution in [3.05, 3.63) is 71.0 Å². The largest absolute Gasteiger partial charge is 0.462 e. The Morgan fingerprint density at radius 3 is 2.46 bits per heavy atom. The van der Waals surface area contributed by atoms with Gasteiger partial charge in [0.1, 0.15) is 5.82 Å². The molecule has 2 aromatic carbocycles. The molecule has 0 saturated carbocycles. The van der Waals surface area contributed by atoms with Gasteiger partial charge in [-0.25, -0.2) is 9.18 Å². The molecule has 0 N–H and O–H groups in total. The van der Waals surface area contributed by atoms with Gasteiger partial charge in [-0.15, -0.1) is 0 Å². The molecule has 0 aliphatic carbocycles. The molecule has 1 heterocycles. The van der Waals surface area contributed by atoms with E-state index in [1.807, 2.05) is 11.9 Å². The third-order valence-corrected chi connectivity index (χ3v) is 5.11. The fourth-order valence-corrected chi connectivity index (χ4v) is 3.72. The average Bonchev–Trinajstić information content (AvgIpc) is 2.66. The van der Waals surface area contributed by atoms with Crippen LogP contribution in [0.25, 0.3) is 0 Å². The third-order valence-electron chi connectivity index (χ3n) is 5.11. The lowest BCUT2D eigenvalue weighted by molar-refractivity contribution is -0.137. The van der Waals surface area contributed by atoms with E-state index in [-0.39, 0.29) is 24.1 Å². The van der Waals surface area contributed by atoms with E-state index in [1.54, 1.807) is 6.07 Å². The van der Waals surface area contributed by atoms with Crippen LogP contribution in [0.1, 0.15) is 40.4 Å². The number of halogens is 4. The molecule has 0 bridgehead atoms. The summed E-state index contributed by atoms with van der Waals surface area (Å²) in [6.07, 6.45) is -2.73. The first-order valence-electron chi connectivity index (χ1n) is 9.06. The average molecular weight is 395 g/mol. The van der Waals surface area contributed by atoms with Gasteiger partial charge in [-0.2, -0.15) is 13.2 Å². The topological polar surface area (TPSA) is 29.5 Å². The number of piperidine rings is 1. The number of alkyl halides is 3. The molecular weight excluding hydrogens is 374 g/mol. The van der Waals surface area contributed by atoms with E-state index < -0.39 is 23.5 Å². The van der Waals surface area contributed by atoms with Gasteiger partial charge in [-0.05, 0) is 56.3 Å². The number of benzene rings is 2. The number of rotatable bonds is 4. The standard InChI is InChI=1S/C21H21F4NO2/c1-26-12-4-5-15(13-28-20(27)17-6-2-3-7-18(17)22)19(26)14-8-10-16(11-9-14)21(23,24)25/h2-3,6-11,15,19H,4-5,12-13H2,1H3/t15-,19-/m0/s1. The van der Waals surface area contributed by atoms with Gasteiger partial charge in [0.25, 0.3) is 0 Å². The zero-order valence-corrected chi connectivity index (χ0v) is 15.4. The van der Waals surface area contributed by atoms with Crippen molar-refractivity contribution < 1.29 is 27.1 Å². The van der Waals surface area contributed by atoms with Crippen molar-refractivity contribution in [3.8, 4) is 0 Å². The molecule has 1 fully saturated rings. The minimum absolute atomic E-state index is 0.0726. The Bertz CT molecular complexity index is 820. The number of nitrogens with zero attached hydrogens (tertiary/aromatic N) is 1. The second-order valence-electron chi connectivity index (χ2n) is 7.03. The van der Waals surface area contributed by atoms with Crippen molar-refractivity contribution in [1.29, 1.82) is 0 Å². The molecule has 1 saturated heterocycles. The lowest BCUT2D eigenvalue weighted by atomic mass is 9.85. The highest BCUT2D eigenvalue weighted by Crippen LogP contribution is 2.37. The molecular formula is C21H21F4NO2. The van der Waals surface area contributed by atoms with Crippen LogP contribution in [0.3, 0.4) is 0 Å². The van der Waals surface area contributed by atoms with E-state index >= 15 is 0 Å². The lowest BCUT2D eigenvalue weighted by Gasteiger charge is -2.39. The summed E-state index contributed by atoms with van der Waals surface area (Å²) in [6.45, 7) is 0.868. The van der Waals surface area contributed by atoms with Crippen LogP contribution in [0.5, 0.6) is 0 Å². The van der Waals surface area contributed by atoms with Crippen LogP contribution in [-0.2, 0) is 10.9 Å². The Morgan fingerprint density at radius 2 is 1.82 bits per heavy atom. The number of hydrogen-bond donors (Lipinski definition) is 0. The number of carbonyl (C=O) groups is 1. The van der Waals surface area contributed by atoms with Crippen LogP contribution in [0.2, 0.25) is 0 Å². The van der Waals surface area contributed by atoms with Crippen LogP contribution in [0.15, 0.2) is 48.5 Å². The minimum atomic E-state index is -4.38. The van der Waals surface area contributed by atoms with Gasteiger partial charge in [0.05, 0.1) is 17.7 Å². The summed E-state index contributed by atoms with van der Waals surface area (Å²) < 4.78 is 57.5. The second kappa shape index (κ2) is 8.31. The van der Waals surface area contributed by atoms with Gasteiger partial charge in [-0.1, -0.05) is 24.3 Å². The number of hydrogen-bond acceptors (Lipinski definition) is 3. The first-order chi connectivity index (χ1) is 13.3. The van der Waals surface area contributed by atoms with Crippen molar-refractivity contribution in [2.75, 3.05) is 20.2 Å². The summed E-state index contributed by atoms with van der Waals surface area (Å²) in [4.78, 5) is 14.2. The fourth-order valence-electron chi connectivity index (χ4n) is 3.72. The molecule has 28 heavy (non-hydrogen) atoms. The van der Waals surface area contributed by atoms with Crippen LogP contribution in [0, 0.1) is 11.7 Å². The quantitative estimate of drug-likeness (QED) is 0.534. The number of carbonyl (C=O) groups excluding carboxylic acids is 1. The van der Waals surface area contributed by atoms with Crippen LogP contribution < -0.4 is 0 Å². The highest BCUT2D eigenvalue weighted by atomic mass is 19.4. The first kappa shape index (κ1) is 20.3. The van der Waals surface area contributed by atoms with E-state index in [0.717, 1.165) is 37.1 Å². The van der Waals surface area contributed by atoms with Crippen LogP contribution >= 0.6 is 0 Å². The predicted molar refractivity (Wildman–Crippen MR) is 96.2 cm³/mol. The minimum Gasteiger partial charge on any atom is -0.462 e. The normalized spacial score (nSPS) is 20.8. The van der Waals surface area contributed by atoms with Gasteiger partial charge < -0.3 is 4.74 Å². The zero-order valence-electron chi connectivity index (χ0n) is 15.4. The van der Waals surface area contributed by atoms with Gasteiger partial charge in [0, 0.05) is 12.0 Å². The Morgan fingerprint density at radius 1 is 1.14 bits per heavy atom. The molecule has 2 atom stereocenters. The Kier molecular flexibility index (Phi) is 6.03. The molecule has 7 heteroatoms. The van der Waals surface area contributed by atoms with Gasteiger partial charge >= 0.3 is 12.1 Å². The molecule has 0 radical (unpaired) electrons. The number of esters is 1. The highest BCUT2D eigenvalue weighted by molar-refractivity contribution is 5.89. The molecule has 0 amide bonds. The molecule has 1 aliphatic rings. The second-order valence-corrected chi connectivity index (χ2v) is 7.03. The Labute approximate surface area is 160 Å². The van der Waals surface area contributed by atoms with E-state index in [1.165, 1.54) is 30.3 Å². The molecule has 0 spiro atoms. The number of ether oxygens (including phenoxy) is 1. The summed E-state index contributed by atoms with van der Waals surface area (Å²) in [5, 5.41) is 0. The monoisotopic (exact) mass is 395 g/mol. The molecule has 2 aromatic rings. The molecule has 0 unspecified atom stereocenters. The molecule has 150 valence electrons. The maximum absolute atomic E-state index is 13.7. The maximum Gasteiger partial charge on any atom is 0.416 e. The van der Waals surface area contributed by atoms with Crippen molar-refractivity contribution in [2.24, 2.45) is 5.92 Å². The summed E-state index contributed by atoms with van der Waals surface area (Å²) in [7, 11) is 1.90. The summed E-state index contributed by atoms with van der Waals surface area (Å²) in [5.74, 6) is -1.48. The molecule has 1 aliphatic heterocycles. The Balaban J connectivity index is 1.74. The van der Waals surface area contributed by atoms with E-state index in [0.29, 0.717) is 0 Å². The molecule has 3 rings (SSSR count). The van der Waals surface area contributed by atoms with Crippen molar-refractivity contribution >= 4 is 5.97 Å². The van der Waals surface area contributed by atoms with Crippen LogP contribution in [-0.4, -0.2) is 31.1 Å².